The smallest absolute Gasteiger partial charge is 0.246 e. The standard InChI is InChI=1S/C15H22N4O2/c1-4-11(16)13(10-5-7-17-8-6-10)19-9-12(20)18-14(21)15(19,2)3/h5-8,11,13H,4,9,16H2,1-3H3,(H,18,20,21). The van der Waals surface area contributed by atoms with Crippen molar-refractivity contribution in [1.29, 1.82) is 0 Å². The molecule has 114 valence electrons. The van der Waals surface area contributed by atoms with E-state index >= 15 is 0 Å². The highest BCUT2D eigenvalue weighted by atomic mass is 16.2. The van der Waals surface area contributed by atoms with E-state index in [0.29, 0.717) is 0 Å². The molecule has 21 heavy (non-hydrogen) atoms. The summed E-state index contributed by atoms with van der Waals surface area (Å²) >= 11 is 0. The van der Waals surface area contributed by atoms with Gasteiger partial charge in [0.2, 0.25) is 11.8 Å². The lowest BCUT2D eigenvalue weighted by atomic mass is 9.89. The number of nitrogens with two attached hydrogens (primary N) is 1. The van der Waals surface area contributed by atoms with Crippen molar-refractivity contribution in [1.82, 2.24) is 15.2 Å². The molecule has 1 aromatic heterocycles. The molecule has 3 N–H and O–H groups in total. The summed E-state index contributed by atoms with van der Waals surface area (Å²) in [6.07, 6.45) is 4.14. The van der Waals surface area contributed by atoms with Gasteiger partial charge in [-0.15, -0.1) is 0 Å². The molecule has 1 fully saturated rings. The Balaban J connectivity index is 2.44. The number of imide groups is 1. The van der Waals surface area contributed by atoms with Gasteiger partial charge in [0.25, 0.3) is 0 Å². The van der Waals surface area contributed by atoms with Gasteiger partial charge in [-0.3, -0.25) is 24.8 Å². The Morgan fingerprint density at radius 2 is 2.00 bits per heavy atom. The number of piperazine rings is 1. The molecule has 1 saturated heterocycles. The highest BCUT2D eigenvalue weighted by molar-refractivity contribution is 6.03. The number of rotatable bonds is 4. The third kappa shape index (κ3) is 2.96. The predicted octanol–water partition coefficient (Wildman–Crippen LogP) is 0.597. The Morgan fingerprint density at radius 3 is 2.57 bits per heavy atom. The number of amides is 2. The molecule has 6 heteroatoms. The predicted molar refractivity (Wildman–Crippen MR) is 79.2 cm³/mol. The first kappa shape index (κ1) is 15.6. The summed E-state index contributed by atoms with van der Waals surface area (Å²) in [6.45, 7) is 5.77. The van der Waals surface area contributed by atoms with Crippen LogP contribution in [-0.4, -0.2) is 39.8 Å². The highest BCUT2D eigenvalue weighted by Gasteiger charge is 2.45. The van der Waals surface area contributed by atoms with E-state index in [1.807, 2.05) is 37.8 Å². The fourth-order valence-electron chi connectivity index (χ4n) is 2.69. The van der Waals surface area contributed by atoms with E-state index < -0.39 is 5.54 Å². The third-order valence-corrected chi connectivity index (χ3v) is 4.10. The lowest BCUT2D eigenvalue weighted by molar-refractivity contribution is -0.148. The topological polar surface area (TPSA) is 88.3 Å². The van der Waals surface area contributed by atoms with Gasteiger partial charge in [-0.25, -0.2) is 0 Å². The molecule has 0 spiro atoms. The molecule has 2 heterocycles. The minimum absolute atomic E-state index is 0.152. The van der Waals surface area contributed by atoms with Crippen LogP contribution in [0.4, 0.5) is 0 Å². The summed E-state index contributed by atoms with van der Waals surface area (Å²) in [5, 5.41) is 2.39. The van der Waals surface area contributed by atoms with Crippen molar-refractivity contribution < 1.29 is 9.59 Å². The second-order valence-corrected chi connectivity index (χ2v) is 5.86. The fraction of sp³-hybridized carbons (Fsp3) is 0.533. The summed E-state index contributed by atoms with van der Waals surface area (Å²) in [7, 11) is 0. The van der Waals surface area contributed by atoms with Crippen molar-refractivity contribution in [3.63, 3.8) is 0 Å². The van der Waals surface area contributed by atoms with Crippen LogP contribution in [0.25, 0.3) is 0 Å². The normalized spacial score (nSPS) is 21.7. The maximum absolute atomic E-state index is 12.2. The Labute approximate surface area is 124 Å². The van der Waals surface area contributed by atoms with Crippen LogP contribution in [0.15, 0.2) is 24.5 Å². The third-order valence-electron chi connectivity index (χ3n) is 4.10. The number of pyridine rings is 1. The van der Waals surface area contributed by atoms with E-state index in [2.05, 4.69) is 10.3 Å². The number of hydrogen-bond donors (Lipinski definition) is 2. The van der Waals surface area contributed by atoms with Gasteiger partial charge in [0.1, 0.15) is 0 Å². The molecule has 2 unspecified atom stereocenters. The molecule has 2 rings (SSSR count). The fourth-order valence-corrected chi connectivity index (χ4v) is 2.69. The lowest BCUT2D eigenvalue weighted by Crippen LogP contribution is -2.66. The van der Waals surface area contributed by atoms with E-state index in [1.54, 1.807) is 12.4 Å². The van der Waals surface area contributed by atoms with Gasteiger partial charge in [0.15, 0.2) is 0 Å². The molecular formula is C15H22N4O2. The van der Waals surface area contributed by atoms with Crippen molar-refractivity contribution in [3.05, 3.63) is 30.1 Å². The van der Waals surface area contributed by atoms with Gasteiger partial charge in [-0.05, 0) is 38.0 Å². The minimum Gasteiger partial charge on any atom is -0.326 e. The Bertz CT molecular complexity index is 530. The van der Waals surface area contributed by atoms with Gasteiger partial charge in [0, 0.05) is 18.4 Å². The number of nitrogens with zero attached hydrogens (tertiary/aromatic N) is 2. The maximum Gasteiger partial charge on any atom is 0.246 e. The minimum atomic E-state index is -0.797. The molecule has 0 aromatic carbocycles. The average Bonchev–Trinajstić information content (AvgIpc) is 2.45. The van der Waals surface area contributed by atoms with E-state index in [4.69, 9.17) is 5.73 Å². The van der Waals surface area contributed by atoms with Crippen molar-refractivity contribution in [2.45, 2.75) is 44.8 Å². The van der Waals surface area contributed by atoms with Crippen molar-refractivity contribution in [2.24, 2.45) is 5.73 Å². The first-order valence-electron chi connectivity index (χ1n) is 7.14. The first-order chi connectivity index (χ1) is 9.87. The van der Waals surface area contributed by atoms with Crippen molar-refractivity contribution >= 4 is 11.8 Å². The molecule has 0 aliphatic carbocycles. The van der Waals surface area contributed by atoms with Crippen molar-refractivity contribution in [3.8, 4) is 0 Å². The van der Waals surface area contributed by atoms with Gasteiger partial charge in [0.05, 0.1) is 18.1 Å². The lowest BCUT2D eigenvalue weighted by Gasteiger charge is -2.46. The molecule has 1 aliphatic heterocycles. The molecular weight excluding hydrogens is 268 g/mol. The van der Waals surface area contributed by atoms with Crippen LogP contribution in [0.5, 0.6) is 0 Å². The number of aromatic nitrogens is 1. The van der Waals surface area contributed by atoms with Gasteiger partial charge in [-0.2, -0.15) is 0 Å². The first-order valence-corrected chi connectivity index (χ1v) is 7.14. The van der Waals surface area contributed by atoms with E-state index in [-0.39, 0.29) is 30.4 Å². The van der Waals surface area contributed by atoms with Gasteiger partial charge < -0.3 is 5.73 Å². The number of hydrogen-bond acceptors (Lipinski definition) is 5. The van der Waals surface area contributed by atoms with Crippen LogP contribution >= 0.6 is 0 Å². The average molecular weight is 290 g/mol. The molecule has 1 aliphatic rings. The Kier molecular flexibility index (Phi) is 4.39. The highest BCUT2D eigenvalue weighted by Crippen LogP contribution is 2.32. The second-order valence-electron chi connectivity index (χ2n) is 5.86. The Hall–Kier alpha value is -1.79. The van der Waals surface area contributed by atoms with Crippen LogP contribution < -0.4 is 11.1 Å². The zero-order valence-corrected chi connectivity index (χ0v) is 12.7. The van der Waals surface area contributed by atoms with Crippen LogP contribution in [0.3, 0.4) is 0 Å². The Morgan fingerprint density at radius 1 is 1.38 bits per heavy atom. The second kappa shape index (κ2) is 5.91. The van der Waals surface area contributed by atoms with E-state index in [9.17, 15) is 9.59 Å². The van der Waals surface area contributed by atoms with Crippen LogP contribution in [-0.2, 0) is 9.59 Å². The quantitative estimate of drug-likeness (QED) is 0.793. The van der Waals surface area contributed by atoms with Crippen LogP contribution in [0.1, 0.15) is 38.8 Å². The molecule has 6 nitrogen and oxygen atoms in total. The van der Waals surface area contributed by atoms with Crippen molar-refractivity contribution in [2.75, 3.05) is 6.54 Å². The van der Waals surface area contributed by atoms with Crippen LogP contribution in [0, 0.1) is 0 Å². The van der Waals surface area contributed by atoms with E-state index in [1.165, 1.54) is 0 Å². The summed E-state index contributed by atoms with van der Waals surface area (Å²) in [5.74, 6) is -0.581. The zero-order chi connectivity index (χ0) is 15.6. The molecule has 2 amide bonds. The van der Waals surface area contributed by atoms with Gasteiger partial charge >= 0.3 is 0 Å². The maximum atomic E-state index is 12.2. The van der Waals surface area contributed by atoms with Gasteiger partial charge in [-0.1, -0.05) is 6.92 Å². The molecule has 0 saturated carbocycles. The van der Waals surface area contributed by atoms with Crippen LogP contribution in [0.2, 0.25) is 0 Å². The summed E-state index contributed by atoms with van der Waals surface area (Å²) in [5.41, 5.74) is 6.46. The molecule has 0 radical (unpaired) electrons. The zero-order valence-electron chi connectivity index (χ0n) is 12.7. The number of carbonyl (C=O) groups is 2. The molecule has 2 atom stereocenters. The largest absolute Gasteiger partial charge is 0.326 e. The SMILES string of the molecule is CCC(N)C(c1ccncc1)N1CC(=O)NC(=O)C1(C)C. The summed E-state index contributed by atoms with van der Waals surface area (Å²) < 4.78 is 0. The summed E-state index contributed by atoms with van der Waals surface area (Å²) in [4.78, 5) is 29.9. The number of carbonyl (C=O) groups excluding carboxylic acids is 2. The molecule has 1 aromatic rings. The van der Waals surface area contributed by atoms with E-state index in [0.717, 1.165) is 12.0 Å². The number of nitrogens with one attached hydrogen (secondary N) is 1. The summed E-state index contributed by atoms with van der Waals surface area (Å²) in [6, 6.07) is 3.38. The molecule has 0 bridgehead atoms. The monoisotopic (exact) mass is 290 g/mol.